The molecule has 1 atom stereocenters. The number of fused-ring (bicyclic) bond motifs is 1. The van der Waals surface area contributed by atoms with E-state index < -0.39 is 28.0 Å². The Morgan fingerprint density at radius 3 is 2.53 bits per heavy atom. The number of hydrogen-bond acceptors (Lipinski definition) is 6. The Morgan fingerprint density at radius 1 is 1.25 bits per heavy atom. The summed E-state index contributed by atoms with van der Waals surface area (Å²) in [6, 6.07) is 0. The third-order valence-electron chi connectivity index (χ3n) is 6.20. The van der Waals surface area contributed by atoms with Crippen LogP contribution in [0.3, 0.4) is 0 Å². The van der Waals surface area contributed by atoms with E-state index in [0.29, 0.717) is 35.6 Å². The highest BCUT2D eigenvalue weighted by atomic mass is 32.1. The molecule has 0 radical (unpaired) electrons. The molecular formula is C20H24F3N5O3S. The minimum Gasteiger partial charge on any atom is -0.375 e. The van der Waals surface area contributed by atoms with Crippen LogP contribution in [0, 0.1) is 12.8 Å². The van der Waals surface area contributed by atoms with E-state index in [0.717, 1.165) is 30.3 Å². The van der Waals surface area contributed by atoms with Gasteiger partial charge in [-0.3, -0.25) is 13.9 Å². The highest BCUT2D eigenvalue weighted by Gasteiger charge is 2.53. The minimum atomic E-state index is -4.91. The number of aliphatic hydroxyl groups is 1. The van der Waals surface area contributed by atoms with E-state index in [2.05, 4.69) is 9.97 Å². The summed E-state index contributed by atoms with van der Waals surface area (Å²) in [5.74, 6) is 0.436. The SMILES string of the molecule is Cc1sc(C(C)(O)C(F)(F)F)nc1Cn1c(=O)c2c(ncn2CC2CCCC2)n(C)c1=O. The number of rotatable bonds is 5. The van der Waals surface area contributed by atoms with Gasteiger partial charge in [0.15, 0.2) is 11.2 Å². The van der Waals surface area contributed by atoms with Crippen molar-refractivity contribution in [2.24, 2.45) is 13.0 Å². The van der Waals surface area contributed by atoms with Crippen molar-refractivity contribution in [3.63, 3.8) is 0 Å². The van der Waals surface area contributed by atoms with Crippen LogP contribution in [0.1, 0.15) is 48.2 Å². The lowest BCUT2D eigenvalue weighted by Crippen LogP contribution is -2.40. The van der Waals surface area contributed by atoms with Crippen molar-refractivity contribution in [3.8, 4) is 0 Å². The van der Waals surface area contributed by atoms with E-state index >= 15 is 0 Å². The van der Waals surface area contributed by atoms with Gasteiger partial charge >= 0.3 is 11.9 Å². The van der Waals surface area contributed by atoms with Crippen molar-refractivity contribution in [1.82, 2.24) is 23.7 Å². The highest BCUT2D eigenvalue weighted by molar-refractivity contribution is 7.11. The number of thiazole rings is 1. The van der Waals surface area contributed by atoms with Crippen LogP contribution in [-0.2, 0) is 25.7 Å². The van der Waals surface area contributed by atoms with Crippen LogP contribution in [0.5, 0.6) is 0 Å². The molecule has 0 spiro atoms. The summed E-state index contributed by atoms with van der Waals surface area (Å²) in [4.78, 5) is 34.7. The number of nitrogens with zero attached hydrogens (tertiary/aromatic N) is 5. The third kappa shape index (κ3) is 3.68. The molecule has 3 aromatic heterocycles. The predicted octanol–water partition coefficient (Wildman–Crippen LogP) is 2.67. The number of alkyl halides is 3. The van der Waals surface area contributed by atoms with Crippen molar-refractivity contribution in [3.05, 3.63) is 42.7 Å². The van der Waals surface area contributed by atoms with Gasteiger partial charge < -0.3 is 9.67 Å². The molecule has 1 aliphatic rings. The smallest absolute Gasteiger partial charge is 0.375 e. The van der Waals surface area contributed by atoms with Crippen LogP contribution in [0.15, 0.2) is 15.9 Å². The van der Waals surface area contributed by atoms with Crippen molar-refractivity contribution >= 4 is 22.5 Å². The molecule has 1 saturated carbocycles. The Labute approximate surface area is 185 Å². The summed E-state index contributed by atoms with van der Waals surface area (Å²) in [5.41, 5.74) is -3.63. The summed E-state index contributed by atoms with van der Waals surface area (Å²) >= 11 is 0.690. The average molecular weight is 472 g/mol. The fourth-order valence-electron chi connectivity index (χ4n) is 4.12. The second-order valence-electron chi connectivity index (χ2n) is 8.54. The first-order chi connectivity index (χ1) is 14.9. The van der Waals surface area contributed by atoms with Gasteiger partial charge in [-0.05, 0) is 32.6 Å². The van der Waals surface area contributed by atoms with Gasteiger partial charge in [-0.15, -0.1) is 11.3 Å². The van der Waals surface area contributed by atoms with E-state index in [1.54, 1.807) is 17.8 Å². The van der Waals surface area contributed by atoms with Crippen LogP contribution in [-0.4, -0.2) is 35.0 Å². The molecular weight excluding hydrogens is 447 g/mol. The Balaban J connectivity index is 1.77. The number of hydrogen-bond donors (Lipinski definition) is 1. The summed E-state index contributed by atoms with van der Waals surface area (Å²) in [5, 5.41) is 9.41. The minimum absolute atomic E-state index is 0.134. The van der Waals surface area contributed by atoms with Crippen LogP contribution in [0.25, 0.3) is 11.2 Å². The normalized spacial score (nSPS) is 17.3. The lowest BCUT2D eigenvalue weighted by atomic mass is 10.1. The van der Waals surface area contributed by atoms with Crippen molar-refractivity contribution in [1.29, 1.82) is 0 Å². The van der Waals surface area contributed by atoms with Gasteiger partial charge in [0.05, 0.1) is 18.6 Å². The lowest BCUT2D eigenvalue weighted by molar-refractivity contribution is -0.258. The van der Waals surface area contributed by atoms with Gasteiger partial charge in [-0.2, -0.15) is 13.2 Å². The maximum absolute atomic E-state index is 13.3. The van der Waals surface area contributed by atoms with Crippen LogP contribution in [0.2, 0.25) is 0 Å². The average Bonchev–Trinajstić information content (AvgIpc) is 3.44. The standard InChI is InChI=1S/C20H24F3N5O3S/c1-11-13(25-17(32-11)19(2,31)20(21,22)23)9-28-16(29)14-15(26(3)18(28)30)24-10-27(14)8-12-6-4-5-7-12/h10,12,31H,4-9H2,1-3H3. The molecule has 174 valence electrons. The first-order valence-electron chi connectivity index (χ1n) is 10.3. The first kappa shape index (κ1) is 22.7. The molecule has 1 aliphatic carbocycles. The topological polar surface area (TPSA) is 94.9 Å². The van der Waals surface area contributed by atoms with Crippen LogP contribution < -0.4 is 11.2 Å². The second kappa shape index (κ2) is 7.84. The quantitative estimate of drug-likeness (QED) is 0.618. The Bertz CT molecular complexity index is 1280. The molecule has 3 aromatic rings. The molecule has 1 unspecified atom stereocenters. The molecule has 0 aromatic carbocycles. The van der Waals surface area contributed by atoms with E-state index in [-0.39, 0.29) is 23.4 Å². The Morgan fingerprint density at radius 2 is 1.91 bits per heavy atom. The van der Waals surface area contributed by atoms with E-state index in [9.17, 15) is 27.9 Å². The van der Waals surface area contributed by atoms with Crippen molar-refractivity contribution in [2.45, 2.75) is 64.4 Å². The lowest BCUT2D eigenvalue weighted by Gasteiger charge is -2.23. The van der Waals surface area contributed by atoms with Gasteiger partial charge in [0, 0.05) is 18.5 Å². The Hall–Kier alpha value is -2.47. The molecule has 12 heteroatoms. The Kier molecular flexibility index (Phi) is 5.56. The monoisotopic (exact) mass is 471 g/mol. The van der Waals surface area contributed by atoms with Gasteiger partial charge in [-0.25, -0.2) is 14.8 Å². The van der Waals surface area contributed by atoms with Crippen molar-refractivity contribution < 1.29 is 18.3 Å². The number of aryl methyl sites for hydroxylation is 2. The molecule has 1 fully saturated rings. The van der Waals surface area contributed by atoms with Crippen LogP contribution in [0.4, 0.5) is 13.2 Å². The number of halogens is 3. The summed E-state index contributed by atoms with van der Waals surface area (Å²) < 4.78 is 43.6. The maximum atomic E-state index is 13.3. The highest BCUT2D eigenvalue weighted by Crippen LogP contribution is 2.40. The molecule has 0 saturated heterocycles. The largest absolute Gasteiger partial charge is 0.423 e. The summed E-state index contributed by atoms with van der Waals surface area (Å²) in [6.07, 6.45) is 1.08. The molecule has 1 N–H and O–H groups in total. The van der Waals surface area contributed by atoms with E-state index in [1.165, 1.54) is 11.6 Å². The summed E-state index contributed by atoms with van der Waals surface area (Å²) in [6.45, 7) is 2.50. The van der Waals surface area contributed by atoms with Crippen LogP contribution >= 0.6 is 11.3 Å². The zero-order valence-electron chi connectivity index (χ0n) is 17.9. The van der Waals surface area contributed by atoms with Gasteiger partial charge in [-0.1, -0.05) is 12.8 Å². The van der Waals surface area contributed by atoms with E-state index in [4.69, 9.17) is 0 Å². The van der Waals surface area contributed by atoms with Crippen molar-refractivity contribution in [2.75, 3.05) is 0 Å². The molecule has 4 rings (SSSR count). The summed E-state index contributed by atoms with van der Waals surface area (Å²) in [7, 11) is 1.50. The molecule has 32 heavy (non-hydrogen) atoms. The zero-order chi connectivity index (χ0) is 23.4. The second-order valence-corrected chi connectivity index (χ2v) is 9.75. The number of aromatic nitrogens is 5. The van der Waals surface area contributed by atoms with E-state index in [1.807, 2.05) is 0 Å². The molecule has 0 aliphatic heterocycles. The maximum Gasteiger partial charge on any atom is 0.423 e. The van der Waals surface area contributed by atoms with Gasteiger partial charge in [0.1, 0.15) is 5.01 Å². The first-order valence-corrected chi connectivity index (χ1v) is 11.1. The third-order valence-corrected chi connectivity index (χ3v) is 7.42. The fraction of sp³-hybridized carbons (Fsp3) is 0.600. The fourth-order valence-corrected chi connectivity index (χ4v) is 5.11. The van der Waals surface area contributed by atoms with Gasteiger partial charge in [0.2, 0.25) is 5.60 Å². The zero-order valence-corrected chi connectivity index (χ0v) is 18.8. The molecule has 0 bridgehead atoms. The number of imidazole rings is 1. The molecule has 3 heterocycles. The van der Waals surface area contributed by atoms with Gasteiger partial charge in [0.25, 0.3) is 5.56 Å². The molecule has 0 amide bonds. The predicted molar refractivity (Wildman–Crippen MR) is 113 cm³/mol. The molecule has 8 nitrogen and oxygen atoms in total.